The molecule has 29 heavy (non-hydrogen) atoms. The van der Waals surface area contributed by atoms with Crippen molar-refractivity contribution in [2.45, 2.75) is 62.9 Å². The Bertz CT molecular complexity index is 870. The Balaban J connectivity index is 1.72. The van der Waals surface area contributed by atoms with Crippen molar-refractivity contribution in [2.24, 2.45) is 5.41 Å². The zero-order chi connectivity index (χ0) is 20.4. The Hall–Kier alpha value is -2.08. The summed E-state index contributed by atoms with van der Waals surface area (Å²) in [4.78, 5) is 29.9. The van der Waals surface area contributed by atoms with Crippen LogP contribution in [0.25, 0.3) is 0 Å². The highest BCUT2D eigenvalue weighted by molar-refractivity contribution is 5.98. The third-order valence-corrected chi connectivity index (χ3v) is 8.21. The number of hydrogen-bond donors (Lipinski definition) is 0. The van der Waals surface area contributed by atoms with Crippen molar-refractivity contribution < 1.29 is 19.1 Å². The summed E-state index contributed by atoms with van der Waals surface area (Å²) in [6.45, 7) is 3.76. The van der Waals surface area contributed by atoms with E-state index in [9.17, 15) is 9.59 Å². The molecule has 3 aliphatic heterocycles. The van der Waals surface area contributed by atoms with Gasteiger partial charge in [-0.1, -0.05) is 12.1 Å². The topological polar surface area (TPSA) is 59.1 Å². The molecule has 1 aliphatic carbocycles. The number of anilines is 1. The second kappa shape index (κ2) is 6.46. The molecule has 156 valence electrons. The van der Waals surface area contributed by atoms with E-state index >= 15 is 0 Å². The van der Waals surface area contributed by atoms with Crippen LogP contribution in [0.15, 0.2) is 18.2 Å². The average molecular weight is 399 g/mol. The third-order valence-electron chi connectivity index (χ3n) is 8.21. The van der Waals surface area contributed by atoms with Crippen LogP contribution in [-0.2, 0) is 19.7 Å². The maximum Gasteiger partial charge on any atom is 0.306 e. The fourth-order valence-corrected chi connectivity index (χ4v) is 7.46. The van der Waals surface area contributed by atoms with Crippen LogP contribution in [0.3, 0.4) is 0 Å². The first-order valence-corrected chi connectivity index (χ1v) is 10.8. The maximum atomic E-state index is 12.9. The molecule has 6 nitrogen and oxygen atoms in total. The van der Waals surface area contributed by atoms with Crippen LogP contribution in [0.4, 0.5) is 5.69 Å². The summed E-state index contributed by atoms with van der Waals surface area (Å²) in [5.74, 6) is 0.737. The summed E-state index contributed by atoms with van der Waals surface area (Å²) in [6.07, 6.45) is 5.54. The van der Waals surface area contributed by atoms with E-state index in [0.717, 1.165) is 56.6 Å². The van der Waals surface area contributed by atoms with Gasteiger partial charge in [0.05, 0.1) is 26.3 Å². The largest absolute Gasteiger partial charge is 0.495 e. The molecule has 1 spiro atoms. The minimum atomic E-state index is -0.137. The number of carbonyl (C=O) groups is 2. The fraction of sp³-hybridized carbons (Fsp3) is 0.652. The van der Waals surface area contributed by atoms with Gasteiger partial charge in [-0.05, 0) is 62.2 Å². The molecule has 4 atom stereocenters. The van der Waals surface area contributed by atoms with Crippen molar-refractivity contribution in [3.63, 3.8) is 0 Å². The Labute approximate surface area is 172 Å². The highest BCUT2D eigenvalue weighted by Crippen LogP contribution is 2.66. The van der Waals surface area contributed by atoms with Gasteiger partial charge in [0, 0.05) is 24.4 Å². The number of ether oxygens (including phenoxy) is 2. The van der Waals surface area contributed by atoms with E-state index in [2.05, 4.69) is 17.0 Å². The van der Waals surface area contributed by atoms with Gasteiger partial charge in [-0.2, -0.15) is 0 Å². The number of para-hydroxylation sites is 1. The molecule has 3 fully saturated rings. The Morgan fingerprint density at radius 3 is 2.72 bits per heavy atom. The van der Waals surface area contributed by atoms with Gasteiger partial charge in [-0.3, -0.25) is 14.5 Å². The molecule has 1 amide bonds. The number of nitrogens with zero attached hydrogens (tertiary/aromatic N) is 2. The van der Waals surface area contributed by atoms with Crippen LogP contribution in [0.1, 0.15) is 51.0 Å². The van der Waals surface area contributed by atoms with E-state index in [1.54, 1.807) is 14.0 Å². The summed E-state index contributed by atoms with van der Waals surface area (Å²) < 4.78 is 10.8. The first-order chi connectivity index (χ1) is 14.0. The first kappa shape index (κ1) is 18.9. The predicted octanol–water partition coefficient (Wildman–Crippen LogP) is 2.88. The number of methoxy groups -OCH3 is 2. The van der Waals surface area contributed by atoms with Gasteiger partial charge in [0.1, 0.15) is 5.75 Å². The van der Waals surface area contributed by atoms with Crippen molar-refractivity contribution in [2.75, 3.05) is 32.2 Å². The molecule has 2 saturated heterocycles. The second-order valence-corrected chi connectivity index (χ2v) is 9.25. The third kappa shape index (κ3) is 2.32. The van der Waals surface area contributed by atoms with Crippen molar-refractivity contribution in [1.82, 2.24) is 4.90 Å². The second-order valence-electron chi connectivity index (χ2n) is 9.25. The van der Waals surface area contributed by atoms with Gasteiger partial charge < -0.3 is 14.4 Å². The Kier molecular flexibility index (Phi) is 4.21. The van der Waals surface area contributed by atoms with Crippen LogP contribution in [0, 0.1) is 5.41 Å². The molecule has 5 rings (SSSR count). The SMILES string of the molecule is COC(=O)CC12CCCN3CCC4(c5cccc(OC)c5N(C(C)=O)C4CC1)C32. The average Bonchev–Trinajstić information content (AvgIpc) is 3.25. The number of hydrogen-bond acceptors (Lipinski definition) is 5. The molecule has 0 N–H and O–H groups in total. The molecule has 1 aromatic rings. The monoisotopic (exact) mass is 398 g/mol. The molecule has 0 aromatic heterocycles. The van der Waals surface area contributed by atoms with Crippen LogP contribution in [0.2, 0.25) is 0 Å². The standard InChI is InChI=1S/C23H30N2O4/c1-15(26)25-18-8-10-22(14-19(27)29-3)9-5-12-24-13-11-23(18,21(22)24)16-6-4-7-17(28-2)20(16)25/h4,6-7,18,21H,5,8-14H2,1-3H3. The molecule has 1 saturated carbocycles. The summed E-state index contributed by atoms with van der Waals surface area (Å²) in [5.41, 5.74) is 1.97. The lowest BCUT2D eigenvalue weighted by atomic mass is 9.52. The van der Waals surface area contributed by atoms with E-state index < -0.39 is 0 Å². The van der Waals surface area contributed by atoms with Crippen molar-refractivity contribution in [1.29, 1.82) is 0 Å². The summed E-state index contributed by atoms with van der Waals surface area (Å²) >= 11 is 0. The van der Waals surface area contributed by atoms with Crippen molar-refractivity contribution in [3.05, 3.63) is 23.8 Å². The van der Waals surface area contributed by atoms with Crippen LogP contribution < -0.4 is 9.64 Å². The number of benzene rings is 1. The molecule has 4 aliphatic rings. The number of amides is 1. The Morgan fingerprint density at radius 1 is 1.17 bits per heavy atom. The lowest BCUT2D eigenvalue weighted by Gasteiger charge is -2.58. The van der Waals surface area contributed by atoms with E-state index in [1.807, 2.05) is 11.0 Å². The number of fused-ring (bicyclic) bond motifs is 1. The molecule has 0 bridgehead atoms. The van der Waals surface area contributed by atoms with Gasteiger partial charge in [0.25, 0.3) is 0 Å². The number of carbonyl (C=O) groups excluding carboxylic acids is 2. The zero-order valence-electron chi connectivity index (χ0n) is 17.6. The van der Waals surface area contributed by atoms with Crippen molar-refractivity contribution in [3.8, 4) is 5.75 Å². The van der Waals surface area contributed by atoms with E-state index in [-0.39, 0.29) is 34.8 Å². The zero-order valence-corrected chi connectivity index (χ0v) is 17.6. The normalized spacial score (nSPS) is 34.9. The Morgan fingerprint density at radius 2 is 2.00 bits per heavy atom. The predicted molar refractivity (Wildman–Crippen MR) is 109 cm³/mol. The molecule has 3 heterocycles. The number of piperidine rings is 1. The minimum Gasteiger partial charge on any atom is -0.495 e. The van der Waals surface area contributed by atoms with Gasteiger partial charge in [0.2, 0.25) is 5.91 Å². The van der Waals surface area contributed by atoms with Crippen LogP contribution >= 0.6 is 0 Å². The molecule has 4 unspecified atom stereocenters. The summed E-state index contributed by atoms with van der Waals surface area (Å²) in [7, 11) is 3.17. The molecule has 1 aromatic carbocycles. The van der Waals surface area contributed by atoms with Crippen LogP contribution in [-0.4, -0.2) is 56.2 Å². The summed E-state index contributed by atoms with van der Waals surface area (Å²) in [5, 5.41) is 0. The molecular weight excluding hydrogens is 368 g/mol. The number of rotatable bonds is 3. The lowest BCUT2D eigenvalue weighted by Crippen LogP contribution is -2.65. The highest BCUT2D eigenvalue weighted by Gasteiger charge is 2.69. The van der Waals surface area contributed by atoms with Gasteiger partial charge in [-0.25, -0.2) is 0 Å². The smallest absolute Gasteiger partial charge is 0.306 e. The molecule has 0 radical (unpaired) electrons. The summed E-state index contributed by atoms with van der Waals surface area (Å²) in [6, 6.07) is 6.59. The van der Waals surface area contributed by atoms with Gasteiger partial charge in [-0.15, -0.1) is 0 Å². The van der Waals surface area contributed by atoms with E-state index in [4.69, 9.17) is 9.47 Å². The lowest BCUT2D eigenvalue weighted by molar-refractivity contribution is -0.148. The highest BCUT2D eigenvalue weighted by atomic mass is 16.5. The molecule has 6 heteroatoms. The van der Waals surface area contributed by atoms with E-state index in [1.165, 1.54) is 12.7 Å². The number of esters is 1. The quantitative estimate of drug-likeness (QED) is 0.733. The van der Waals surface area contributed by atoms with Gasteiger partial charge in [0.15, 0.2) is 0 Å². The fourth-order valence-electron chi connectivity index (χ4n) is 7.46. The van der Waals surface area contributed by atoms with E-state index in [0.29, 0.717) is 6.42 Å². The van der Waals surface area contributed by atoms with Crippen molar-refractivity contribution >= 4 is 17.6 Å². The first-order valence-electron chi connectivity index (χ1n) is 10.8. The minimum absolute atomic E-state index is 0.0763. The van der Waals surface area contributed by atoms with Crippen LogP contribution in [0.5, 0.6) is 5.75 Å². The van der Waals surface area contributed by atoms with Gasteiger partial charge >= 0.3 is 5.97 Å². The molecular formula is C23H30N2O4. The maximum absolute atomic E-state index is 12.9.